The van der Waals surface area contributed by atoms with Gasteiger partial charge in [0, 0.05) is 0 Å². The van der Waals surface area contributed by atoms with Gasteiger partial charge in [0.2, 0.25) is 0 Å². The molecule has 0 saturated heterocycles. The standard InChI is InChI=1S/2CH4N.Y/c2*1-2;/h2*2H,1H3;/q2*-1;+3. The molecular weight excluding hydrogens is 141 g/mol. The van der Waals surface area contributed by atoms with Gasteiger partial charge >= 0.3 is 32.7 Å². The first-order valence-corrected chi connectivity index (χ1v) is 1.00. The van der Waals surface area contributed by atoms with Crippen molar-refractivity contribution in [1.82, 2.24) is 0 Å². The van der Waals surface area contributed by atoms with Crippen molar-refractivity contribution in [3.05, 3.63) is 11.5 Å². The first-order chi connectivity index (χ1) is 2.00. The second-order valence-electron chi connectivity index (χ2n) is 0. The summed E-state index contributed by atoms with van der Waals surface area (Å²) in [5.74, 6) is 0. The van der Waals surface area contributed by atoms with Crippen LogP contribution in [-0.4, -0.2) is 14.1 Å². The van der Waals surface area contributed by atoms with Crippen LogP contribution in [0.5, 0.6) is 0 Å². The molecule has 0 bridgehead atoms. The number of hydrogen-bond donors (Lipinski definition) is 0. The molecule has 0 rings (SSSR count). The molecule has 0 aliphatic carbocycles. The van der Waals surface area contributed by atoms with Crippen LogP contribution in [0, 0.1) is 0 Å². The molecule has 2 nitrogen and oxygen atoms in total. The van der Waals surface area contributed by atoms with Gasteiger partial charge in [0.25, 0.3) is 0 Å². The number of hydrogen-bond acceptors (Lipinski definition) is 0. The molecule has 0 aliphatic rings. The van der Waals surface area contributed by atoms with E-state index >= 15 is 0 Å². The van der Waals surface area contributed by atoms with Crippen molar-refractivity contribution in [3.8, 4) is 0 Å². The van der Waals surface area contributed by atoms with Crippen LogP contribution in [-0.2, 0) is 32.7 Å². The molecule has 0 radical (unpaired) electrons. The molecule has 0 fully saturated rings. The van der Waals surface area contributed by atoms with Crippen molar-refractivity contribution < 1.29 is 32.7 Å². The molecule has 3 heteroatoms. The van der Waals surface area contributed by atoms with E-state index in [1.807, 2.05) is 0 Å². The van der Waals surface area contributed by atoms with Gasteiger partial charge in [-0.3, -0.25) is 0 Å². The summed E-state index contributed by atoms with van der Waals surface area (Å²) in [4.78, 5) is 0. The van der Waals surface area contributed by atoms with Crippen LogP contribution in [0.1, 0.15) is 0 Å². The summed E-state index contributed by atoms with van der Waals surface area (Å²) in [6.45, 7) is 0. The largest absolute Gasteiger partial charge is 3.00 e. The summed E-state index contributed by atoms with van der Waals surface area (Å²) >= 11 is 0. The molecule has 0 saturated carbocycles. The Kier molecular flexibility index (Phi) is 258. The zero-order valence-electron chi connectivity index (χ0n) is 3.58. The maximum absolute atomic E-state index is 5.75. The summed E-state index contributed by atoms with van der Waals surface area (Å²) < 4.78 is 0. The minimum absolute atomic E-state index is 0. The van der Waals surface area contributed by atoms with E-state index in [4.69, 9.17) is 11.5 Å². The summed E-state index contributed by atoms with van der Waals surface area (Å²) in [6, 6.07) is 0. The van der Waals surface area contributed by atoms with Crippen molar-refractivity contribution in [2.24, 2.45) is 0 Å². The minimum atomic E-state index is 0. The predicted molar refractivity (Wildman–Crippen MR) is 20.5 cm³/mol. The van der Waals surface area contributed by atoms with Crippen LogP contribution in [0.15, 0.2) is 0 Å². The Hall–Kier alpha value is 1.02. The molecular formula is C2H8N2Y+. The number of nitrogens with one attached hydrogen (secondary N) is 2. The minimum Gasteiger partial charge on any atom is -0.680 e. The maximum atomic E-state index is 5.75. The van der Waals surface area contributed by atoms with Gasteiger partial charge in [-0.05, 0) is 0 Å². The molecule has 0 aromatic rings. The fourth-order valence-corrected chi connectivity index (χ4v) is 0. The van der Waals surface area contributed by atoms with Gasteiger partial charge in [-0.15, -0.1) is 0 Å². The Morgan fingerprint density at radius 2 is 0.800 bits per heavy atom. The predicted octanol–water partition coefficient (Wildman–Crippen LogP) is 1.33. The van der Waals surface area contributed by atoms with Crippen molar-refractivity contribution in [2.45, 2.75) is 0 Å². The molecule has 0 heterocycles. The molecule has 0 unspecified atom stereocenters. The molecule has 0 amide bonds. The van der Waals surface area contributed by atoms with Gasteiger partial charge in [-0.1, -0.05) is 0 Å². The van der Waals surface area contributed by atoms with E-state index in [0.717, 1.165) is 0 Å². The molecule has 0 aliphatic heterocycles. The number of rotatable bonds is 0. The van der Waals surface area contributed by atoms with E-state index in [1.165, 1.54) is 14.1 Å². The van der Waals surface area contributed by atoms with Crippen LogP contribution >= 0.6 is 0 Å². The molecule has 28 valence electrons. The Labute approximate surface area is 58.2 Å². The van der Waals surface area contributed by atoms with E-state index < -0.39 is 0 Å². The van der Waals surface area contributed by atoms with Crippen LogP contribution < -0.4 is 0 Å². The average Bonchev–Trinajstić information content (AvgIpc) is 1.50. The third-order valence-electron chi connectivity index (χ3n) is 0. The van der Waals surface area contributed by atoms with Gasteiger partial charge in [0.05, 0.1) is 0 Å². The van der Waals surface area contributed by atoms with Crippen LogP contribution in [0.4, 0.5) is 0 Å². The van der Waals surface area contributed by atoms with Crippen LogP contribution in [0.25, 0.3) is 11.5 Å². The van der Waals surface area contributed by atoms with Crippen LogP contribution in [0.2, 0.25) is 0 Å². The zero-order chi connectivity index (χ0) is 4.00. The monoisotopic (exact) mass is 149 g/mol. The third-order valence-corrected chi connectivity index (χ3v) is 0. The first-order valence-electron chi connectivity index (χ1n) is 1.00. The van der Waals surface area contributed by atoms with Crippen molar-refractivity contribution in [3.63, 3.8) is 0 Å². The van der Waals surface area contributed by atoms with Crippen molar-refractivity contribution in [1.29, 1.82) is 0 Å². The van der Waals surface area contributed by atoms with Crippen LogP contribution in [0.3, 0.4) is 0 Å². The van der Waals surface area contributed by atoms with Gasteiger partial charge < -0.3 is 11.5 Å². The quantitative estimate of drug-likeness (QED) is 0.498. The van der Waals surface area contributed by atoms with Crippen molar-refractivity contribution in [2.75, 3.05) is 14.1 Å². The van der Waals surface area contributed by atoms with E-state index in [1.54, 1.807) is 0 Å². The summed E-state index contributed by atoms with van der Waals surface area (Å²) in [5.41, 5.74) is 11.5. The summed E-state index contributed by atoms with van der Waals surface area (Å²) in [7, 11) is 2.50. The summed E-state index contributed by atoms with van der Waals surface area (Å²) in [5, 5.41) is 0. The third kappa shape index (κ3) is 43.8. The van der Waals surface area contributed by atoms with Crippen molar-refractivity contribution >= 4 is 0 Å². The molecule has 0 aromatic carbocycles. The van der Waals surface area contributed by atoms with E-state index in [2.05, 4.69) is 0 Å². The average molecular weight is 149 g/mol. The van der Waals surface area contributed by atoms with E-state index in [9.17, 15) is 0 Å². The molecule has 0 aromatic heterocycles. The normalized spacial score (nSPS) is 2.40. The molecule has 0 spiro atoms. The smallest absolute Gasteiger partial charge is 0.680 e. The molecule has 0 atom stereocenters. The topological polar surface area (TPSA) is 47.6 Å². The van der Waals surface area contributed by atoms with E-state index in [0.29, 0.717) is 0 Å². The Bertz CT molecular complexity index is 7.61. The Morgan fingerprint density at radius 3 is 0.800 bits per heavy atom. The fourth-order valence-electron chi connectivity index (χ4n) is 0. The zero-order valence-corrected chi connectivity index (χ0v) is 6.42. The van der Waals surface area contributed by atoms with Gasteiger partial charge in [0.15, 0.2) is 0 Å². The summed E-state index contributed by atoms with van der Waals surface area (Å²) in [6.07, 6.45) is 0. The first kappa shape index (κ1) is 16.6. The molecule has 2 N–H and O–H groups in total. The second kappa shape index (κ2) is 77.6. The Balaban J connectivity index is -0.0000000133. The SMILES string of the molecule is C[NH-].C[NH-].[Y+3]. The second-order valence-corrected chi connectivity index (χ2v) is 0. The Morgan fingerprint density at radius 1 is 0.800 bits per heavy atom. The van der Waals surface area contributed by atoms with Gasteiger partial charge in [-0.2, -0.15) is 14.1 Å². The van der Waals surface area contributed by atoms with Gasteiger partial charge in [-0.25, -0.2) is 0 Å². The van der Waals surface area contributed by atoms with Gasteiger partial charge in [0.1, 0.15) is 0 Å². The van der Waals surface area contributed by atoms with E-state index in [-0.39, 0.29) is 32.7 Å². The fraction of sp³-hybridized carbons (Fsp3) is 1.00. The molecule has 5 heavy (non-hydrogen) atoms. The maximum Gasteiger partial charge on any atom is 3.00 e.